The molecule has 1 aromatic carbocycles. The average Bonchev–Trinajstić information content (AvgIpc) is 3.39. The zero-order chi connectivity index (χ0) is 27.3. The average molecular weight is 585 g/mol. The van der Waals surface area contributed by atoms with Gasteiger partial charge in [-0.25, -0.2) is 4.79 Å². The van der Waals surface area contributed by atoms with Crippen LogP contribution in [0.1, 0.15) is 44.4 Å². The van der Waals surface area contributed by atoms with E-state index in [1.165, 1.54) is 7.11 Å². The molecule has 0 spiro atoms. The van der Waals surface area contributed by atoms with Crippen LogP contribution in [0, 0.1) is 6.92 Å². The molecule has 0 radical (unpaired) electrons. The molecule has 3 N–H and O–H groups in total. The number of thiophene rings is 1. The number of carbonyl (C=O) groups is 3. The fraction of sp³-hybridized carbons (Fsp3) is 0.261. The van der Waals surface area contributed by atoms with Gasteiger partial charge in [-0.3, -0.25) is 14.2 Å². The van der Waals surface area contributed by atoms with E-state index in [9.17, 15) is 14.4 Å². The summed E-state index contributed by atoms with van der Waals surface area (Å²) in [5.74, 6) is -0.945. The molecular formula is C23H23Cl2N5O5S2. The van der Waals surface area contributed by atoms with E-state index < -0.39 is 23.9 Å². The van der Waals surface area contributed by atoms with Crippen LogP contribution in [0.4, 0.5) is 5.00 Å². The maximum absolute atomic E-state index is 12.7. The maximum atomic E-state index is 12.7. The number of thioether (sulfide) groups is 1. The van der Waals surface area contributed by atoms with Crippen LogP contribution in [0.3, 0.4) is 0 Å². The molecule has 0 aliphatic rings. The molecule has 0 saturated carbocycles. The third-order valence-corrected chi connectivity index (χ3v) is 7.68. The van der Waals surface area contributed by atoms with Gasteiger partial charge >= 0.3 is 5.97 Å². The van der Waals surface area contributed by atoms with Crippen LogP contribution < -0.4 is 15.8 Å². The molecule has 1 unspecified atom stereocenters. The Morgan fingerprint density at radius 2 is 2.05 bits per heavy atom. The second kappa shape index (κ2) is 12.5. The molecule has 0 bridgehead atoms. The summed E-state index contributed by atoms with van der Waals surface area (Å²) in [6.07, 6.45) is 1.14. The highest BCUT2D eigenvalue weighted by molar-refractivity contribution is 7.99. The Hall–Kier alpha value is -3.06. The number of benzene rings is 1. The van der Waals surface area contributed by atoms with Crippen molar-refractivity contribution in [2.24, 2.45) is 5.73 Å². The van der Waals surface area contributed by atoms with E-state index in [4.69, 9.17) is 38.4 Å². The van der Waals surface area contributed by atoms with Crippen molar-refractivity contribution in [1.82, 2.24) is 14.8 Å². The van der Waals surface area contributed by atoms with Crippen molar-refractivity contribution in [3.05, 3.63) is 62.7 Å². The van der Waals surface area contributed by atoms with Gasteiger partial charge < -0.3 is 20.5 Å². The Morgan fingerprint density at radius 3 is 2.68 bits per heavy atom. The van der Waals surface area contributed by atoms with Gasteiger partial charge in [0.1, 0.15) is 10.8 Å². The summed E-state index contributed by atoms with van der Waals surface area (Å²) in [6, 6.07) is 4.90. The number of hydrogen-bond acceptors (Lipinski definition) is 9. The molecule has 3 aromatic rings. The van der Waals surface area contributed by atoms with Gasteiger partial charge in [0.05, 0.1) is 28.3 Å². The molecular weight excluding hydrogens is 561 g/mol. The molecule has 3 rings (SSSR count). The standard InChI is InChI=1S/C23H23Cl2N5O5S2/c1-5-8-30-20(12(3)35-15-7-6-13(24)9-14(15)25)28-29-23(30)36-10-16(31)27-21-17(22(33)34-4)11(2)18(37-21)19(26)32/h5-7,9,12H,1,8,10H2,2-4H3,(H2,26,32)(H,27,31). The molecule has 1 atom stereocenters. The number of ether oxygens (including phenoxy) is 2. The lowest BCUT2D eigenvalue weighted by Gasteiger charge is -2.16. The third-order valence-electron chi connectivity index (χ3n) is 4.96. The number of methoxy groups -OCH3 is 1. The highest BCUT2D eigenvalue weighted by Gasteiger charge is 2.26. The lowest BCUT2D eigenvalue weighted by molar-refractivity contribution is -0.113. The predicted molar refractivity (Wildman–Crippen MR) is 144 cm³/mol. The largest absolute Gasteiger partial charge is 0.481 e. The number of rotatable bonds is 11. The Kier molecular flexibility index (Phi) is 9.60. The Labute approximate surface area is 231 Å². The number of anilines is 1. The molecule has 0 saturated heterocycles. The fourth-order valence-electron chi connectivity index (χ4n) is 3.30. The number of nitrogens with zero attached hydrogens (tertiary/aromatic N) is 3. The molecule has 0 aliphatic heterocycles. The van der Waals surface area contributed by atoms with E-state index in [1.54, 1.807) is 42.7 Å². The van der Waals surface area contributed by atoms with E-state index in [0.717, 1.165) is 23.1 Å². The molecule has 14 heteroatoms. The van der Waals surface area contributed by atoms with Crippen LogP contribution in [0.25, 0.3) is 0 Å². The lowest BCUT2D eigenvalue weighted by Crippen LogP contribution is -2.17. The van der Waals surface area contributed by atoms with Crippen molar-refractivity contribution < 1.29 is 23.9 Å². The number of hydrogen-bond donors (Lipinski definition) is 2. The topological polar surface area (TPSA) is 138 Å². The maximum Gasteiger partial charge on any atom is 0.341 e. The summed E-state index contributed by atoms with van der Waals surface area (Å²) in [5, 5.41) is 12.6. The normalized spacial score (nSPS) is 11.6. The Morgan fingerprint density at radius 1 is 1.32 bits per heavy atom. The van der Waals surface area contributed by atoms with Gasteiger partial charge in [-0.15, -0.1) is 28.1 Å². The van der Waals surface area contributed by atoms with E-state index in [2.05, 4.69) is 22.1 Å². The first kappa shape index (κ1) is 28.5. The highest BCUT2D eigenvalue weighted by Crippen LogP contribution is 2.34. The summed E-state index contributed by atoms with van der Waals surface area (Å²) >= 11 is 14.2. The Bertz CT molecular complexity index is 1360. The number of nitrogens with one attached hydrogen (secondary N) is 1. The van der Waals surface area contributed by atoms with Crippen LogP contribution in [-0.2, 0) is 16.1 Å². The summed E-state index contributed by atoms with van der Waals surface area (Å²) in [5.41, 5.74) is 5.82. The smallest absolute Gasteiger partial charge is 0.341 e. The molecule has 196 valence electrons. The van der Waals surface area contributed by atoms with Crippen molar-refractivity contribution in [2.75, 3.05) is 18.2 Å². The molecule has 0 aliphatic carbocycles. The predicted octanol–water partition coefficient (Wildman–Crippen LogP) is 4.90. The van der Waals surface area contributed by atoms with Crippen LogP contribution in [0.15, 0.2) is 36.0 Å². The van der Waals surface area contributed by atoms with Gasteiger partial charge in [-0.1, -0.05) is 41.0 Å². The molecule has 37 heavy (non-hydrogen) atoms. The molecule has 10 nitrogen and oxygen atoms in total. The summed E-state index contributed by atoms with van der Waals surface area (Å²) < 4.78 is 12.5. The number of carbonyl (C=O) groups excluding carboxylic acids is 3. The minimum Gasteiger partial charge on any atom is -0.481 e. The van der Waals surface area contributed by atoms with Gasteiger partial charge in [0.15, 0.2) is 17.1 Å². The highest BCUT2D eigenvalue weighted by atomic mass is 35.5. The van der Waals surface area contributed by atoms with Crippen LogP contribution in [0.5, 0.6) is 5.75 Å². The number of halogens is 2. The first-order valence-corrected chi connectivity index (χ1v) is 13.2. The van der Waals surface area contributed by atoms with Gasteiger partial charge in [-0.05, 0) is 37.6 Å². The number of aromatic nitrogens is 3. The van der Waals surface area contributed by atoms with E-state index >= 15 is 0 Å². The zero-order valence-corrected chi connectivity index (χ0v) is 23.2. The number of nitrogens with two attached hydrogens (primary N) is 1. The van der Waals surface area contributed by atoms with E-state index in [0.29, 0.717) is 38.9 Å². The number of esters is 1. The van der Waals surface area contributed by atoms with Crippen molar-refractivity contribution in [1.29, 1.82) is 0 Å². The second-order valence-corrected chi connectivity index (χ2v) is 10.3. The van der Waals surface area contributed by atoms with Gasteiger partial charge in [0.2, 0.25) is 5.91 Å². The van der Waals surface area contributed by atoms with Crippen molar-refractivity contribution in [3.63, 3.8) is 0 Å². The minimum absolute atomic E-state index is 0.0585. The summed E-state index contributed by atoms with van der Waals surface area (Å²) in [6.45, 7) is 7.49. The molecule has 2 amide bonds. The van der Waals surface area contributed by atoms with Crippen LogP contribution in [0.2, 0.25) is 10.0 Å². The van der Waals surface area contributed by atoms with Crippen molar-refractivity contribution >= 4 is 69.1 Å². The van der Waals surface area contributed by atoms with Gasteiger partial charge in [0.25, 0.3) is 5.91 Å². The third kappa shape index (κ3) is 6.63. The number of primary amides is 1. The summed E-state index contributed by atoms with van der Waals surface area (Å²) in [7, 11) is 1.21. The quantitative estimate of drug-likeness (QED) is 0.185. The summed E-state index contributed by atoms with van der Waals surface area (Å²) in [4.78, 5) is 36.8. The molecule has 2 heterocycles. The number of allylic oxidation sites excluding steroid dienone is 1. The van der Waals surface area contributed by atoms with Gasteiger partial charge in [-0.2, -0.15) is 0 Å². The number of amides is 2. The van der Waals surface area contributed by atoms with Gasteiger partial charge in [0, 0.05) is 11.6 Å². The lowest BCUT2D eigenvalue weighted by atomic mass is 10.1. The first-order valence-electron chi connectivity index (χ1n) is 10.7. The van der Waals surface area contributed by atoms with Crippen LogP contribution in [-0.4, -0.2) is 45.4 Å². The molecule has 2 aromatic heterocycles. The molecule has 0 fully saturated rings. The first-order chi connectivity index (χ1) is 17.6. The van der Waals surface area contributed by atoms with Crippen LogP contribution >= 0.6 is 46.3 Å². The minimum atomic E-state index is -0.705. The van der Waals surface area contributed by atoms with E-state index in [1.807, 2.05) is 0 Å². The fourth-order valence-corrected chi connectivity index (χ4v) is 5.57. The second-order valence-electron chi connectivity index (χ2n) is 7.53. The SMILES string of the molecule is C=CCn1c(SCC(=O)Nc2sc(C(N)=O)c(C)c2C(=O)OC)nnc1C(C)Oc1ccc(Cl)cc1Cl. The Balaban J connectivity index is 1.75. The van der Waals surface area contributed by atoms with Crippen molar-refractivity contribution in [3.8, 4) is 5.75 Å². The van der Waals surface area contributed by atoms with Crippen molar-refractivity contribution in [2.45, 2.75) is 31.7 Å². The monoisotopic (exact) mass is 583 g/mol. The van der Waals surface area contributed by atoms with E-state index in [-0.39, 0.29) is 21.2 Å². The zero-order valence-electron chi connectivity index (χ0n) is 20.0.